The molecule has 5 nitrogen and oxygen atoms in total. The molecule has 0 bridgehead atoms. The first-order chi connectivity index (χ1) is 9.79. The van der Waals surface area contributed by atoms with Gasteiger partial charge in [0.05, 0.1) is 10.5 Å². The molecule has 0 spiro atoms. The largest absolute Gasteiger partial charge is 0.456 e. The highest BCUT2D eigenvalue weighted by atomic mass is 35.5. The van der Waals surface area contributed by atoms with E-state index in [1.54, 1.807) is 13.0 Å². The average molecular weight is 330 g/mol. The quantitative estimate of drug-likeness (QED) is 0.813. The number of hydrogen-bond donors (Lipinski definition) is 1. The number of rotatable bonds is 6. The van der Waals surface area contributed by atoms with Crippen LogP contribution in [-0.4, -0.2) is 27.0 Å². The number of nitrogens with one attached hydrogen (secondary N) is 1. The van der Waals surface area contributed by atoms with Crippen LogP contribution < -0.4 is 4.72 Å². The Kier molecular flexibility index (Phi) is 4.70. The van der Waals surface area contributed by atoms with Crippen molar-refractivity contribution in [1.29, 1.82) is 0 Å². The molecule has 1 fully saturated rings. The topological polar surface area (TPSA) is 72.5 Å². The number of carbonyl (C=O) groups excluding carboxylic acids is 1. The second kappa shape index (κ2) is 6.17. The summed E-state index contributed by atoms with van der Waals surface area (Å²) in [6, 6.07) is 4.37. The minimum Gasteiger partial charge on any atom is -0.456 e. The molecule has 0 radical (unpaired) electrons. The van der Waals surface area contributed by atoms with Gasteiger partial charge in [-0.3, -0.25) is 0 Å². The molecule has 21 heavy (non-hydrogen) atoms. The summed E-state index contributed by atoms with van der Waals surface area (Å²) in [5.74, 6) is -0.627. The molecule has 1 saturated carbocycles. The predicted molar refractivity (Wildman–Crippen MR) is 79.8 cm³/mol. The van der Waals surface area contributed by atoms with E-state index in [0.29, 0.717) is 5.56 Å². The maximum Gasteiger partial charge on any atom is 0.338 e. The third-order valence-corrected chi connectivity index (χ3v) is 4.63. The van der Waals surface area contributed by atoms with Crippen LogP contribution in [0.4, 0.5) is 0 Å². The van der Waals surface area contributed by atoms with Gasteiger partial charge in [0.2, 0.25) is 10.0 Å². The lowest BCUT2D eigenvalue weighted by Gasteiger charge is -2.10. The third-order valence-electron chi connectivity index (χ3n) is 3.00. The van der Waals surface area contributed by atoms with Gasteiger partial charge in [0, 0.05) is 11.1 Å². The van der Waals surface area contributed by atoms with Crippen LogP contribution in [0.1, 0.15) is 28.8 Å². The van der Waals surface area contributed by atoms with Crippen LogP contribution in [0.2, 0.25) is 0 Å². The Morgan fingerprint density at radius 3 is 2.71 bits per heavy atom. The van der Waals surface area contributed by atoms with Crippen LogP contribution >= 0.6 is 11.6 Å². The highest BCUT2D eigenvalue weighted by Crippen LogP contribution is 2.23. The van der Waals surface area contributed by atoms with E-state index in [9.17, 15) is 13.2 Å². The van der Waals surface area contributed by atoms with Crippen LogP contribution in [0.5, 0.6) is 0 Å². The molecule has 0 saturated heterocycles. The van der Waals surface area contributed by atoms with Crippen molar-refractivity contribution in [2.24, 2.45) is 0 Å². The highest BCUT2D eigenvalue weighted by Gasteiger charge is 2.28. The Morgan fingerprint density at radius 2 is 2.14 bits per heavy atom. The predicted octanol–water partition coefficient (Wildman–Crippen LogP) is 2.35. The van der Waals surface area contributed by atoms with E-state index in [-0.39, 0.29) is 28.1 Å². The lowest BCUT2D eigenvalue weighted by atomic mass is 10.1. The lowest BCUT2D eigenvalue weighted by molar-refractivity contribution is 0.0545. The van der Waals surface area contributed by atoms with Gasteiger partial charge in [0.25, 0.3) is 0 Å². The fraction of sp³-hybridized carbons (Fsp3) is 0.357. The van der Waals surface area contributed by atoms with Crippen molar-refractivity contribution < 1.29 is 17.9 Å². The molecule has 2 rings (SSSR count). The number of esters is 1. The summed E-state index contributed by atoms with van der Waals surface area (Å²) in [5, 5.41) is 0.195. The van der Waals surface area contributed by atoms with Gasteiger partial charge < -0.3 is 4.74 Å². The molecule has 1 aliphatic rings. The number of ether oxygens (including phenoxy) is 1. The van der Waals surface area contributed by atoms with Gasteiger partial charge >= 0.3 is 5.97 Å². The molecule has 0 aromatic heterocycles. The first kappa shape index (κ1) is 16.0. The molecule has 0 amide bonds. The molecule has 0 aliphatic heterocycles. The summed E-state index contributed by atoms with van der Waals surface area (Å²) < 4.78 is 31.8. The summed E-state index contributed by atoms with van der Waals surface area (Å²) in [7, 11) is -3.60. The van der Waals surface area contributed by atoms with Crippen molar-refractivity contribution in [2.75, 3.05) is 6.61 Å². The number of halogens is 1. The van der Waals surface area contributed by atoms with Crippen molar-refractivity contribution in [3.63, 3.8) is 0 Å². The standard InChI is InChI=1S/C14H16ClNO4S/c1-9-3-6-12(21(18,19)16-11-4-5-11)7-13(9)14(17)20-8-10(2)15/h3,6-7,11,16H,2,4-5,8H2,1H3. The first-order valence-electron chi connectivity index (χ1n) is 6.43. The van der Waals surface area contributed by atoms with Crippen molar-refractivity contribution in [3.8, 4) is 0 Å². The monoisotopic (exact) mass is 329 g/mol. The van der Waals surface area contributed by atoms with Crippen LogP contribution in [0.3, 0.4) is 0 Å². The lowest BCUT2D eigenvalue weighted by Crippen LogP contribution is -2.26. The van der Waals surface area contributed by atoms with Gasteiger partial charge in [-0.1, -0.05) is 24.2 Å². The summed E-state index contributed by atoms with van der Waals surface area (Å²) in [6.07, 6.45) is 1.69. The van der Waals surface area contributed by atoms with Gasteiger partial charge in [0.15, 0.2) is 0 Å². The Hall–Kier alpha value is -1.37. The fourth-order valence-corrected chi connectivity index (χ4v) is 3.08. The van der Waals surface area contributed by atoms with Crippen LogP contribution in [0.15, 0.2) is 34.7 Å². The summed E-state index contributed by atoms with van der Waals surface area (Å²) in [6.45, 7) is 5.01. The molecular weight excluding hydrogens is 314 g/mol. The van der Waals surface area contributed by atoms with Crippen molar-refractivity contribution >= 4 is 27.6 Å². The van der Waals surface area contributed by atoms with Crippen LogP contribution in [0, 0.1) is 6.92 Å². The van der Waals surface area contributed by atoms with Crippen molar-refractivity contribution in [1.82, 2.24) is 4.72 Å². The minimum atomic E-state index is -3.60. The van der Waals surface area contributed by atoms with E-state index in [1.807, 2.05) is 0 Å². The normalized spacial score (nSPS) is 14.8. The maximum atomic E-state index is 12.1. The molecule has 1 aliphatic carbocycles. The highest BCUT2D eigenvalue weighted by molar-refractivity contribution is 7.89. The zero-order valence-electron chi connectivity index (χ0n) is 11.6. The minimum absolute atomic E-state index is 0.00581. The molecular formula is C14H16ClNO4S. The number of sulfonamides is 1. The second-order valence-corrected chi connectivity index (χ2v) is 7.21. The Bertz CT molecular complexity index is 680. The van der Waals surface area contributed by atoms with E-state index in [4.69, 9.17) is 16.3 Å². The Balaban J connectivity index is 2.24. The second-order valence-electron chi connectivity index (χ2n) is 4.97. The molecule has 1 aromatic rings. The summed E-state index contributed by atoms with van der Waals surface area (Å²) in [5.41, 5.74) is 0.831. The first-order valence-corrected chi connectivity index (χ1v) is 8.29. The molecule has 0 heterocycles. The van der Waals surface area contributed by atoms with Crippen LogP contribution in [0.25, 0.3) is 0 Å². The van der Waals surface area contributed by atoms with Crippen LogP contribution in [-0.2, 0) is 14.8 Å². The molecule has 0 atom stereocenters. The zero-order valence-corrected chi connectivity index (χ0v) is 13.1. The summed E-state index contributed by atoms with van der Waals surface area (Å²) >= 11 is 5.54. The number of carbonyl (C=O) groups is 1. The van der Waals surface area contributed by atoms with Crippen molar-refractivity contribution in [3.05, 3.63) is 40.9 Å². The number of benzene rings is 1. The van der Waals surface area contributed by atoms with E-state index in [1.165, 1.54) is 12.1 Å². The third kappa shape index (κ3) is 4.30. The maximum absolute atomic E-state index is 12.1. The molecule has 1 N–H and O–H groups in total. The van der Waals surface area contributed by atoms with E-state index in [0.717, 1.165) is 12.8 Å². The van der Waals surface area contributed by atoms with Crippen molar-refractivity contribution in [2.45, 2.75) is 30.7 Å². The Labute approximate surface area is 129 Å². The molecule has 7 heteroatoms. The fourth-order valence-electron chi connectivity index (χ4n) is 1.70. The molecule has 0 unspecified atom stereocenters. The Morgan fingerprint density at radius 1 is 1.48 bits per heavy atom. The van der Waals surface area contributed by atoms with Gasteiger partial charge in [-0.05, 0) is 37.5 Å². The summed E-state index contributed by atoms with van der Waals surface area (Å²) in [4.78, 5) is 12.0. The van der Waals surface area contributed by atoms with Gasteiger partial charge in [-0.15, -0.1) is 0 Å². The van der Waals surface area contributed by atoms with E-state index < -0.39 is 16.0 Å². The van der Waals surface area contributed by atoms with E-state index >= 15 is 0 Å². The number of aryl methyl sites for hydroxylation is 1. The average Bonchev–Trinajstić information content (AvgIpc) is 3.19. The number of hydrogen-bond acceptors (Lipinski definition) is 4. The van der Waals surface area contributed by atoms with Gasteiger partial charge in [-0.2, -0.15) is 0 Å². The molecule has 114 valence electrons. The van der Waals surface area contributed by atoms with Gasteiger partial charge in [0.1, 0.15) is 6.61 Å². The molecule has 1 aromatic carbocycles. The smallest absolute Gasteiger partial charge is 0.338 e. The SMILES string of the molecule is C=C(Cl)COC(=O)c1cc(S(=O)(=O)NC2CC2)ccc1C. The van der Waals surface area contributed by atoms with E-state index in [2.05, 4.69) is 11.3 Å². The van der Waals surface area contributed by atoms with Gasteiger partial charge in [-0.25, -0.2) is 17.9 Å². The zero-order chi connectivity index (χ0) is 15.6.